The van der Waals surface area contributed by atoms with Crippen LogP contribution in [0.5, 0.6) is 0 Å². The van der Waals surface area contributed by atoms with Gasteiger partial charge in [-0.05, 0) is 35.6 Å². The monoisotopic (exact) mass is 501 g/mol. The van der Waals surface area contributed by atoms with Crippen molar-refractivity contribution in [3.8, 4) is 6.07 Å². The number of amides is 1. The van der Waals surface area contributed by atoms with Gasteiger partial charge in [0.25, 0.3) is 0 Å². The number of aliphatic hydroxyl groups is 1. The molecular weight excluding hydrogens is 459 g/mol. The van der Waals surface area contributed by atoms with E-state index in [0.29, 0.717) is 16.4 Å². The van der Waals surface area contributed by atoms with Crippen LogP contribution in [0.1, 0.15) is 74.3 Å². The van der Waals surface area contributed by atoms with Gasteiger partial charge in [-0.3, -0.25) is 4.79 Å². The Morgan fingerprint density at radius 1 is 1.15 bits per heavy atom. The Morgan fingerprint density at radius 3 is 2.18 bits per heavy atom. The van der Waals surface area contributed by atoms with Crippen LogP contribution in [-0.2, 0) is 4.79 Å². The maximum Gasteiger partial charge on any atom is 0.225 e. The van der Waals surface area contributed by atoms with Gasteiger partial charge in [0.2, 0.25) is 5.91 Å². The van der Waals surface area contributed by atoms with Crippen LogP contribution < -0.4 is 5.32 Å². The van der Waals surface area contributed by atoms with Crippen LogP contribution in [0.3, 0.4) is 0 Å². The van der Waals surface area contributed by atoms with E-state index in [9.17, 15) is 15.2 Å². The second-order valence-corrected chi connectivity index (χ2v) is 13.3. The summed E-state index contributed by atoms with van der Waals surface area (Å²) in [6, 6.07) is 12.3. The fraction of sp³-hybridized carbons (Fsp3) is 0.667. The molecule has 7 heteroatoms. The average molecular weight is 502 g/mol. The lowest BCUT2D eigenvalue weighted by atomic mass is 9.38. The molecule has 187 valence electrons. The highest BCUT2D eigenvalue weighted by atomic mass is 32.2. The van der Waals surface area contributed by atoms with E-state index in [1.54, 1.807) is 0 Å². The van der Waals surface area contributed by atoms with E-state index in [0.717, 1.165) is 5.56 Å². The van der Waals surface area contributed by atoms with E-state index in [2.05, 4.69) is 67.1 Å². The van der Waals surface area contributed by atoms with E-state index >= 15 is 0 Å². The molecule has 1 aromatic rings. The minimum atomic E-state index is -0.798. The Labute approximate surface area is 217 Å². The van der Waals surface area contributed by atoms with E-state index in [-0.39, 0.29) is 25.0 Å². The first-order chi connectivity index (χ1) is 15.6. The smallest absolute Gasteiger partial charge is 0.225 e. The highest BCUT2D eigenvalue weighted by Crippen LogP contribution is 2.56. The zero-order valence-electron chi connectivity index (χ0n) is 22.4. The van der Waals surface area contributed by atoms with Gasteiger partial charge >= 0.3 is 0 Å². The highest BCUT2D eigenvalue weighted by molar-refractivity contribution is 8.24. The van der Waals surface area contributed by atoms with E-state index in [1.165, 1.54) is 11.8 Å². The molecule has 1 rings (SSSR count). The first kappa shape index (κ1) is 30.7. The maximum absolute atomic E-state index is 13.5. The van der Waals surface area contributed by atoms with Crippen molar-refractivity contribution in [1.29, 1.82) is 5.26 Å². The third kappa shape index (κ3) is 6.86. The number of hydrogen-bond donors (Lipinski definition) is 2. The van der Waals surface area contributed by atoms with Crippen molar-refractivity contribution in [2.24, 2.45) is 16.7 Å². The first-order valence-electron chi connectivity index (χ1n) is 12.0. The second-order valence-electron chi connectivity index (χ2n) is 11.2. The van der Waals surface area contributed by atoms with Crippen molar-refractivity contribution < 1.29 is 9.90 Å². The van der Waals surface area contributed by atoms with Gasteiger partial charge in [0, 0.05) is 12.0 Å². The van der Waals surface area contributed by atoms with Crippen molar-refractivity contribution in [3.05, 3.63) is 35.9 Å². The summed E-state index contributed by atoms with van der Waals surface area (Å²) < 4.78 is -0.102. The molecule has 0 spiro atoms. The van der Waals surface area contributed by atoms with Crippen LogP contribution in [0, 0.1) is 28.1 Å². The number of carbonyl (C=O) groups is 1. The van der Waals surface area contributed by atoms with Gasteiger partial charge in [-0.15, -0.1) is 0 Å². The number of hydrogen-bond acceptors (Lipinski definition) is 5. The van der Waals surface area contributed by atoms with E-state index in [4.69, 9.17) is 12.2 Å². The van der Waals surface area contributed by atoms with Crippen LogP contribution in [0.15, 0.2) is 30.3 Å². The van der Waals surface area contributed by atoms with Crippen LogP contribution in [0.25, 0.3) is 0 Å². The first-order valence-corrected chi connectivity index (χ1v) is 13.2. The van der Waals surface area contributed by atoms with Gasteiger partial charge in [-0.25, -0.2) is 0 Å². The average Bonchev–Trinajstić information content (AvgIpc) is 2.76. The van der Waals surface area contributed by atoms with Crippen LogP contribution in [0.2, 0.25) is 11.1 Å². The highest BCUT2D eigenvalue weighted by Gasteiger charge is 2.53. The standard InChI is InChI=1S/C27H42BN2O2S2/c1-19(2)28-25(6,7)26(8,23(32)30-15-16-31)17-20(3)24(4,5)27(9,18-29)34-22(33)21-13-11-10-12-14-21/h10-14,19-20,31H,15-17H2,1-9H3,(H,30,32). The molecule has 0 aliphatic carbocycles. The molecule has 2 N–H and O–H groups in total. The van der Waals surface area contributed by atoms with E-state index in [1.807, 2.05) is 44.2 Å². The number of carbonyl (C=O) groups excluding carboxylic acids is 1. The summed E-state index contributed by atoms with van der Waals surface area (Å²) in [5, 5.41) is 22.1. The van der Waals surface area contributed by atoms with Gasteiger partial charge in [0.15, 0.2) is 0 Å². The SMILES string of the molecule is CC(C)[B]C(C)(C)C(C)(CC(C)C(C)(C)C(C)(C#N)SC(=S)c1ccccc1)C(=O)NCCO. The molecular formula is C27H42BN2O2S2. The fourth-order valence-electron chi connectivity index (χ4n) is 4.48. The third-order valence-corrected chi connectivity index (χ3v) is 9.70. The molecule has 0 aliphatic rings. The molecule has 3 atom stereocenters. The lowest BCUT2D eigenvalue weighted by Crippen LogP contribution is -2.52. The van der Waals surface area contributed by atoms with Gasteiger partial charge in [-0.2, -0.15) is 5.26 Å². The summed E-state index contributed by atoms with van der Waals surface area (Å²) >= 11 is 7.15. The Kier molecular flexibility index (Phi) is 10.9. The number of rotatable bonds is 12. The van der Waals surface area contributed by atoms with Gasteiger partial charge in [0.05, 0.1) is 16.9 Å². The molecule has 0 saturated heterocycles. The molecule has 0 aromatic heterocycles. The Hall–Kier alpha value is -1.36. The second kappa shape index (κ2) is 12.1. The maximum atomic E-state index is 13.5. The zero-order chi connectivity index (χ0) is 26.4. The zero-order valence-corrected chi connectivity index (χ0v) is 24.0. The van der Waals surface area contributed by atoms with Crippen molar-refractivity contribution in [2.45, 2.75) is 84.6 Å². The van der Waals surface area contributed by atoms with Crippen LogP contribution >= 0.6 is 24.0 Å². The largest absolute Gasteiger partial charge is 0.395 e. The summed E-state index contributed by atoms with van der Waals surface area (Å²) in [6.07, 6.45) is 0.587. The van der Waals surface area contributed by atoms with Crippen LogP contribution in [0.4, 0.5) is 0 Å². The molecule has 3 unspecified atom stereocenters. The summed E-state index contributed by atoms with van der Waals surface area (Å²) in [7, 11) is 2.23. The molecule has 4 nitrogen and oxygen atoms in total. The number of nitrogens with zero attached hydrogens (tertiary/aromatic N) is 1. The Morgan fingerprint density at radius 2 is 1.71 bits per heavy atom. The number of thioether (sulfide) groups is 1. The molecule has 1 aromatic carbocycles. The third-order valence-electron chi connectivity index (χ3n) is 7.77. The number of nitrogens with one attached hydrogen (secondary N) is 1. The topological polar surface area (TPSA) is 73.1 Å². The number of aliphatic hydroxyl groups excluding tert-OH is 1. The quantitative estimate of drug-likeness (QED) is 0.261. The Balaban J connectivity index is 3.32. The van der Waals surface area contributed by atoms with Gasteiger partial charge < -0.3 is 10.4 Å². The summed E-state index contributed by atoms with van der Waals surface area (Å²) in [5.41, 5.74) is -0.254. The lowest BCUT2D eigenvalue weighted by molar-refractivity contribution is -0.134. The lowest BCUT2D eigenvalue weighted by Gasteiger charge is -2.50. The number of thiocarbonyl (C=S) groups is 1. The van der Waals surface area contributed by atoms with Crippen molar-refractivity contribution in [2.75, 3.05) is 13.2 Å². The normalized spacial score (nSPS) is 16.6. The predicted octanol–water partition coefficient (Wildman–Crippen LogP) is 6.28. The fourth-order valence-corrected chi connectivity index (χ4v) is 6.26. The van der Waals surface area contributed by atoms with Gasteiger partial charge in [0.1, 0.15) is 12.0 Å². The minimum Gasteiger partial charge on any atom is -0.395 e. The number of nitriles is 1. The Bertz CT molecular complexity index is 882. The number of benzene rings is 1. The molecule has 0 fully saturated rings. The van der Waals surface area contributed by atoms with Crippen molar-refractivity contribution >= 4 is 41.4 Å². The van der Waals surface area contributed by atoms with Gasteiger partial charge in [-0.1, -0.05) is 116 Å². The van der Waals surface area contributed by atoms with Crippen molar-refractivity contribution in [1.82, 2.24) is 5.32 Å². The minimum absolute atomic E-state index is 0.0212. The summed E-state index contributed by atoms with van der Waals surface area (Å²) in [5.74, 6) is 0.261. The predicted molar refractivity (Wildman–Crippen MR) is 150 cm³/mol. The van der Waals surface area contributed by atoms with Crippen LogP contribution in [-0.4, -0.2) is 40.4 Å². The van der Waals surface area contributed by atoms with Crippen molar-refractivity contribution in [3.63, 3.8) is 0 Å². The summed E-state index contributed by atoms with van der Waals surface area (Å²) in [6.45, 7) is 18.9. The molecule has 1 radical (unpaired) electrons. The molecule has 0 bridgehead atoms. The molecule has 0 saturated carbocycles. The molecule has 0 heterocycles. The van der Waals surface area contributed by atoms with E-state index < -0.39 is 20.9 Å². The molecule has 0 aliphatic heterocycles. The molecule has 34 heavy (non-hydrogen) atoms. The molecule has 1 amide bonds. The summed E-state index contributed by atoms with van der Waals surface area (Å²) in [4.78, 5) is 13.5.